The molecule has 16 heavy (non-hydrogen) atoms. The SMILES string of the molecule is N=C(N)SCCC(F)(F)C(F)(F)C(F)(F)F. The molecule has 0 saturated heterocycles. The zero-order valence-corrected chi connectivity index (χ0v) is 8.36. The Morgan fingerprint density at radius 3 is 1.81 bits per heavy atom. The Morgan fingerprint density at radius 2 is 1.50 bits per heavy atom. The van der Waals surface area contributed by atoms with Gasteiger partial charge in [0.1, 0.15) is 0 Å². The summed E-state index contributed by atoms with van der Waals surface area (Å²) in [5, 5.41) is 5.93. The fraction of sp³-hybridized carbons (Fsp3) is 0.833. The summed E-state index contributed by atoms with van der Waals surface area (Å²) in [6.45, 7) is 0. The van der Waals surface area contributed by atoms with Crippen molar-refractivity contribution in [2.75, 3.05) is 5.75 Å². The van der Waals surface area contributed by atoms with Crippen LogP contribution in [0.15, 0.2) is 0 Å². The molecule has 10 heteroatoms. The van der Waals surface area contributed by atoms with Crippen molar-refractivity contribution in [1.29, 1.82) is 5.41 Å². The summed E-state index contributed by atoms with van der Waals surface area (Å²) in [6, 6.07) is 0. The van der Waals surface area contributed by atoms with E-state index in [2.05, 4.69) is 0 Å². The molecule has 0 heterocycles. The van der Waals surface area contributed by atoms with Gasteiger partial charge in [-0.05, 0) is 0 Å². The van der Waals surface area contributed by atoms with E-state index in [4.69, 9.17) is 11.1 Å². The topological polar surface area (TPSA) is 49.9 Å². The average Bonchev–Trinajstić information content (AvgIpc) is 2.00. The number of hydrogen-bond acceptors (Lipinski definition) is 2. The normalized spacial score (nSPS) is 13.9. The van der Waals surface area contributed by atoms with Crippen molar-refractivity contribution >= 4 is 16.9 Å². The van der Waals surface area contributed by atoms with Gasteiger partial charge in [-0.1, -0.05) is 11.8 Å². The second-order valence-electron chi connectivity index (χ2n) is 2.74. The van der Waals surface area contributed by atoms with E-state index in [1.54, 1.807) is 0 Å². The Hall–Kier alpha value is -0.670. The van der Waals surface area contributed by atoms with Crippen LogP contribution in [-0.2, 0) is 0 Å². The Morgan fingerprint density at radius 1 is 1.06 bits per heavy atom. The van der Waals surface area contributed by atoms with Gasteiger partial charge in [0.15, 0.2) is 5.17 Å². The van der Waals surface area contributed by atoms with Crippen LogP contribution in [0, 0.1) is 5.41 Å². The molecule has 3 N–H and O–H groups in total. The van der Waals surface area contributed by atoms with Crippen molar-refractivity contribution in [3.05, 3.63) is 0 Å². The third-order valence-electron chi connectivity index (χ3n) is 1.49. The molecule has 0 aliphatic rings. The molecule has 0 radical (unpaired) electrons. The van der Waals surface area contributed by atoms with Crippen molar-refractivity contribution in [3.63, 3.8) is 0 Å². The van der Waals surface area contributed by atoms with Crippen LogP contribution >= 0.6 is 11.8 Å². The minimum Gasteiger partial charge on any atom is -0.379 e. The van der Waals surface area contributed by atoms with Crippen molar-refractivity contribution in [1.82, 2.24) is 0 Å². The Labute approximate surface area is 89.9 Å². The highest BCUT2D eigenvalue weighted by Gasteiger charge is 2.72. The van der Waals surface area contributed by atoms with E-state index in [0.29, 0.717) is 0 Å². The first-order valence-corrected chi connectivity index (χ1v) is 4.69. The number of halogens is 7. The number of nitrogens with two attached hydrogens (primary N) is 1. The van der Waals surface area contributed by atoms with Crippen LogP contribution in [0.3, 0.4) is 0 Å². The molecule has 0 aliphatic heterocycles. The number of alkyl halides is 7. The van der Waals surface area contributed by atoms with Crippen LogP contribution in [0.1, 0.15) is 6.42 Å². The zero-order valence-electron chi connectivity index (χ0n) is 7.55. The van der Waals surface area contributed by atoms with Gasteiger partial charge < -0.3 is 5.73 Å². The molecule has 0 atom stereocenters. The van der Waals surface area contributed by atoms with E-state index >= 15 is 0 Å². The van der Waals surface area contributed by atoms with E-state index in [1.165, 1.54) is 0 Å². The highest BCUT2D eigenvalue weighted by Crippen LogP contribution is 2.48. The van der Waals surface area contributed by atoms with Gasteiger partial charge in [-0.25, -0.2) is 0 Å². The van der Waals surface area contributed by atoms with Crippen LogP contribution in [0.25, 0.3) is 0 Å². The monoisotopic (exact) mass is 272 g/mol. The number of hydrogen-bond donors (Lipinski definition) is 2. The van der Waals surface area contributed by atoms with Crippen molar-refractivity contribution in [2.24, 2.45) is 5.73 Å². The van der Waals surface area contributed by atoms with Crippen molar-refractivity contribution in [3.8, 4) is 0 Å². The van der Waals surface area contributed by atoms with Crippen LogP contribution in [0.5, 0.6) is 0 Å². The van der Waals surface area contributed by atoms with Gasteiger partial charge >= 0.3 is 18.0 Å². The quantitative estimate of drug-likeness (QED) is 0.469. The molecule has 0 saturated carbocycles. The first kappa shape index (κ1) is 15.3. The highest BCUT2D eigenvalue weighted by atomic mass is 32.2. The van der Waals surface area contributed by atoms with Gasteiger partial charge in [0.2, 0.25) is 0 Å². The second-order valence-corrected chi connectivity index (χ2v) is 3.88. The van der Waals surface area contributed by atoms with E-state index in [1.807, 2.05) is 0 Å². The molecule has 0 aromatic carbocycles. The predicted molar refractivity (Wildman–Crippen MR) is 44.9 cm³/mol. The van der Waals surface area contributed by atoms with Gasteiger partial charge in [-0.3, -0.25) is 5.41 Å². The maximum atomic E-state index is 12.6. The van der Waals surface area contributed by atoms with E-state index in [-0.39, 0.29) is 11.8 Å². The zero-order chi connectivity index (χ0) is 13.2. The summed E-state index contributed by atoms with van der Waals surface area (Å²) < 4.78 is 84.5. The molecule has 0 spiro atoms. The number of thioether (sulfide) groups is 1. The lowest BCUT2D eigenvalue weighted by Gasteiger charge is -2.27. The Bertz CT molecular complexity index is 262. The lowest BCUT2D eigenvalue weighted by Crippen LogP contribution is -2.52. The number of rotatable bonds is 4. The van der Waals surface area contributed by atoms with Crippen LogP contribution in [0.2, 0.25) is 0 Å². The standard InChI is InChI=1S/C6H7F7N2S/c7-4(8,1-2-16-3(14)15)5(9,10)6(11,12)13/h1-2H2,(H3,14,15). The summed E-state index contributed by atoms with van der Waals surface area (Å²) >= 11 is 0.265. The first-order valence-electron chi connectivity index (χ1n) is 3.71. The molecular formula is C6H7F7N2S. The largest absolute Gasteiger partial charge is 0.459 e. The van der Waals surface area contributed by atoms with Crippen LogP contribution < -0.4 is 5.73 Å². The Balaban J connectivity index is 4.59. The molecule has 96 valence electrons. The van der Waals surface area contributed by atoms with Gasteiger partial charge in [0.05, 0.1) is 0 Å². The molecular weight excluding hydrogens is 265 g/mol. The van der Waals surface area contributed by atoms with Crippen molar-refractivity contribution in [2.45, 2.75) is 24.4 Å². The lowest BCUT2D eigenvalue weighted by atomic mass is 10.1. The maximum absolute atomic E-state index is 12.6. The third kappa shape index (κ3) is 3.42. The average molecular weight is 272 g/mol. The molecule has 0 amide bonds. The van der Waals surface area contributed by atoms with Crippen LogP contribution in [-0.4, -0.2) is 28.9 Å². The second kappa shape index (κ2) is 4.68. The van der Waals surface area contributed by atoms with E-state index in [0.717, 1.165) is 0 Å². The molecule has 0 aliphatic carbocycles. The number of nitrogens with one attached hydrogen (secondary N) is 1. The van der Waals surface area contributed by atoms with Gasteiger partial charge in [-0.2, -0.15) is 30.7 Å². The smallest absolute Gasteiger partial charge is 0.379 e. The lowest BCUT2D eigenvalue weighted by molar-refractivity contribution is -0.354. The van der Waals surface area contributed by atoms with Gasteiger partial charge in [0, 0.05) is 12.2 Å². The van der Waals surface area contributed by atoms with E-state index < -0.39 is 35.4 Å². The van der Waals surface area contributed by atoms with Crippen molar-refractivity contribution < 1.29 is 30.7 Å². The fourth-order valence-electron chi connectivity index (χ4n) is 0.654. The predicted octanol–water partition coefficient (Wildman–Crippen LogP) is 2.84. The molecule has 0 aromatic rings. The summed E-state index contributed by atoms with van der Waals surface area (Å²) in [4.78, 5) is 0. The molecule has 0 rings (SSSR count). The third-order valence-corrected chi connectivity index (χ3v) is 2.21. The summed E-state index contributed by atoms with van der Waals surface area (Å²) in [6.07, 6.45) is -8.03. The Kier molecular flexibility index (Phi) is 4.48. The number of amidine groups is 1. The highest BCUT2D eigenvalue weighted by molar-refractivity contribution is 8.13. The minimum absolute atomic E-state index is 0.265. The maximum Gasteiger partial charge on any atom is 0.459 e. The molecule has 0 fully saturated rings. The van der Waals surface area contributed by atoms with Gasteiger partial charge in [-0.15, -0.1) is 0 Å². The summed E-state index contributed by atoms with van der Waals surface area (Å²) in [7, 11) is 0. The molecule has 0 aromatic heterocycles. The molecule has 2 nitrogen and oxygen atoms in total. The molecule has 0 unspecified atom stereocenters. The van der Waals surface area contributed by atoms with Gasteiger partial charge in [0.25, 0.3) is 0 Å². The fourth-order valence-corrected chi connectivity index (χ4v) is 1.23. The minimum atomic E-state index is -6.31. The van der Waals surface area contributed by atoms with Crippen LogP contribution in [0.4, 0.5) is 30.7 Å². The molecule has 0 bridgehead atoms. The summed E-state index contributed by atoms with van der Waals surface area (Å²) in [5.41, 5.74) is 4.71. The summed E-state index contributed by atoms with van der Waals surface area (Å²) in [5.74, 6) is -12.1. The van der Waals surface area contributed by atoms with E-state index in [9.17, 15) is 30.7 Å². The first-order chi connectivity index (χ1) is 6.92.